The SMILES string of the molecule is Cc1nc(C)c(CC(=O)N2CCCO[C@@H](Cn3cccn3)C2)c(=O)[nH]1. The van der Waals surface area contributed by atoms with Gasteiger partial charge in [0.15, 0.2) is 0 Å². The molecule has 1 atom stereocenters. The molecule has 0 bridgehead atoms. The number of carbonyl (C=O) groups is 1. The first-order valence-corrected chi connectivity index (χ1v) is 8.46. The number of hydrogen-bond acceptors (Lipinski definition) is 5. The van der Waals surface area contributed by atoms with Gasteiger partial charge in [0, 0.05) is 43.3 Å². The van der Waals surface area contributed by atoms with Crippen LogP contribution in [0.2, 0.25) is 0 Å². The summed E-state index contributed by atoms with van der Waals surface area (Å²) in [5.74, 6) is 0.483. The minimum atomic E-state index is -0.238. The number of nitrogens with zero attached hydrogens (tertiary/aromatic N) is 4. The van der Waals surface area contributed by atoms with Crippen LogP contribution in [-0.2, 0) is 22.5 Å². The van der Waals surface area contributed by atoms with Crippen LogP contribution < -0.4 is 5.56 Å². The molecule has 134 valence electrons. The molecule has 25 heavy (non-hydrogen) atoms. The van der Waals surface area contributed by atoms with Crippen LogP contribution in [0.5, 0.6) is 0 Å². The molecule has 0 aliphatic carbocycles. The molecular formula is C17H23N5O3. The predicted octanol–water partition coefficient (Wildman–Crippen LogP) is 0.443. The highest BCUT2D eigenvalue weighted by Crippen LogP contribution is 2.11. The maximum atomic E-state index is 12.7. The van der Waals surface area contributed by atoms with Crippen LogP contribution in [-0.4, -0.2) is 56.4 Å². The topological polar surface area (TPSA) is 93.1 Å². The highest BCUT2D eigenvalue weighted by Gasteiger charge is 2.24. The van der Waals surface area contributed by atoms with Crippen molar-refractivity contribution in [2.75, 3.05) is 19.7 Å². The van der Waals surface area contributed by atoms with Crippen LogP contribution in [0.25, 0.3) is 0 Å². The highest BCUT2D eigenvalue weighted by molar-refractivity contribution is 5.79. The average molecular weight is 345 g/mol. The Morgan fingerprint density at radius 3 is 3.00 bits per heavy atom. The lowest BCUT2D eigenvalue weighted by Crippen LogP contribution is -2.40. The summed E-state index contributed by atoms with van der Waals surface area (Å²) < 4.78 is 7.64. The van der Waals surface area contributed by atoms with E-state index in [1.54, 1.807) is 29.6 Å². The number of aromatic amines is 1. The number of rotatable bonds is 4. The Morgan fingerprint density at radius 1 is 1.44 bits per heavy atom. The van der Waals surface area contributed by atoms with Gasteiger partial charge in [0.1, 0.15) is 5.82 Å². The summed E-state index contributed by atoms with van der Waals surface area (Å²) in [4.78, 5) is 33.5. The normalized spacial score (nSPS) is 18.2. The third-order valence-corrected chi connectivity index (χ3v) is 4.32. The Balaban J connectivity index is 1.69. The summed E-state index contributed by atoms with van der Waals surface area (Å²) in [6.07, 6.45) is 4.33. The standard InChI is InChI=1S/C17H23N5O3/c1-12-15(17(24)20-13(2)19-12)9-16(23)21-6-4-8-25-14(10-21)11-22-7-3-5-18-22/h3,5,7,14H,4,6,8-11H2,1-2H3,(H,19,20,24)/t14-/m1/s1. The number of aryl methyl sites for hydroxylation is 2. The molecule has 2 aromatic rings. The zero-order chi connectivity index (χ0) is 17.8. The lowest BCUT2D eigenvalue weighted by Gasteiger charge is -2.24. The van der Waals surface area contributed by atoms with Gasteiger partial charge in [0.2, 0.25) is 5.91 Å². The molecule has 0 saturated carbocycles. The summed E-state index contributed by atoms with van der Waals surface area (Å²) in [6.45, 7) is 5.83. The van der Waals surface area contributed by atoms with E-state index in [9.17, 15) is 9.59 Å². The van der Waals surface area contributed by atoms with Crippen LogP contribution in [0.3, 0.4) is 0 Å². The molecule has 2 aromatic heterocycles. The maximum Gasteiger partial charge on any atom is 0.254 e. The molecule has 3 heterocycles. The van der Waals surface area contributed by atoms with Gasteiger partial charge in [-0.3, -0.25) is 14.3 Å². The van der Waals surface area contributed by atoms with Gasteiger partial charge in [-0.25, -0.2) is 4.98 Å². The number of nitrogens with one attached hydrogen (secondary N) is 1. The van der Waals surface area contributed by atoms with Crippen molar-refractivity contribution in [2.24, 2.45) is 0 Å². The summed E-state index contributed by atoms with van der Waals surface area (Å²) >= 11 is 0. The first-order valence-electron chi connectivity index (χ1n) is 8.46. The highest BCUT2D eigenvalue weighted by atomic mass is 16.5. The number of H-pyrrole nitrogens is 1. The fourth-order valence-electron chi connectivity index (χ4n) is 3.07. The molecule has 0 spiro atoms. The van der Waals surface area contributed by atoms with E-state index in [2.05, 4.69) is 15.1 Å². The molecule has 3 rings (SSSR count). The maximum absolute atomic E-state index is 12.7. The molecule has 1 N–H and O–H groups in total. The molecule has 1 amide bonds. The lowest BCUT2D eigenvalue weighted by molar-refractivity contribution is -0.131. The van der Waals surface area contributed by atoms with Crippen molar-refractivity contribution < 1.29 is 9.53 Å². The number of aromatic nitrogens is 4. The summed E-state index contributed by atoms with van der Waals surface area (Å²) in [5.41, 5.74) is 0.802. The summed E-state index contributed by atoms with van der Waals surface area (Å²) in [5, 5.41) is 4.19. The Labute approximate surface area is 145 Å². The van der Waals surface area contributed by atoms with E-state index < -0.39 is 0 Å². The van der Waals surface area contributed by atoms with Crippen molar-refractivity contribution in [1.82, 2.24) is 24.6 Å². The summed E-state index contributed by atoms with van der Waals surface area (Å²) in [6, 6.07) is 1.86. The number of carbonyl (C=O) groups excluding carboxylic acids is 1. The molecule has 1 saturated heterocycles. The largest absolute Gasteiger partial charge is 0.374 e. The molecule has 0 aromatic carbocycles. The number of amides is 1. The van der Waals surface area contributed by atoms with Gasteiger partial charge in [0.05, 0.1) is 19.1 Å². The Kier molecular flexibility index (Phi) is 5.28. The van der Waals surface area contributed by atoms with Gasteiger partial charge in [-0.1, -0.05) is 0 Å². The second kappa shape index (κ2) is 7.60. The monoisotopic (exact) mass is 345 g/mol. The molecule has 0 unspecified atom stereocenters. The van der Waals surface area contributed by atoms with Gasteiger partial charge in [-0.15, -0.1) is 0 Å². The van der Waals surface area contributed by atoms with Crippen molar-refractivity contribution in [2.45, 2.75) is 39.3 Å². The molecule has 1 fully saturated rings. The van der Waals surface area contributed by atoms with E-state index >= 15 is 0 Å². The van der Waals surface area contributed by atoms with Crippen LogP contribution >= 0.6 is 0 Å². The molecular weight excluding hydrogens is 322 g/mol. The lowest BCUT2D eigenvalue weighted by atomic mass is 10.1. The van der Waals surface area contributed by atoms with Crippen molar-refractivity contribution in [3.63, 3.8) is 0 Å². The Bertz CT molecular complexity index is 784. The minimum absolute atomic E-state index is 0.0585. The Hall–Kier alpha value is -2.48. The third-order valence-electron chi connectivity index (χ3n) is 4.32. The van der Waals surface area contributed by atoms with E-state index in [0.717, 1.165) is 6.42 Å². The average Bonchev–Trinajstić information content (AvgIpc) is 2.94. The smallest absolute Gasteiger partial charge is 0.254 e. The van der Waals surface area contributed by atoms with Gasteiger partial charge in [-0.2, -0.15) is 5.10 Å². The summed E-state index contributed by atoms with van der Waals surface area (Å²) in [7, 11) is 0. The van der Waals surface area contributed by atoms with Gasteiger partial charge >= 0.3 is 0 Å². The Morgan fingerprint density at radius 2 is 2.28 bits per heavy atom. The van der Waals surface area contributed by atoms with Gasteiger partial charge in [0.25, 0.3) is 5.56 Å². The zero-order valence-corrected chi connectivity index (χ0v) is 14.6. The molecule has 1 aliphatic rings. The van der Waals surface area contributed by atoms with E-state index in [1.807, 2.05) is 12.3 Å². The van der Waals surface area contributed by atoms with Gasteiger partial charge in [-0.05, 0) is 26.3 Å². The fourth-order valence-corrected chi connectivity index (χ4v) is 3.07. The third kappa shape index (κ3) is 4.33. The van der Waals surface area contributed by atoms with Crippen molar-refractivity contribution in [3.8, 4) is 0 Å². The van der Waals surface area contributed by atoms with Crippen LogP contribution in [0.15, 0.2) is 23.3 Å². The quantitative estimate of drug-likeness (QED) is 0.868. The molecule has 8 nitrogen and oxygen atoms in total. The predicted molar refractivity (Wildman–Crippen MR) is 91.2 cm³/mol. The van der Waals surface area contributed by atoms with Crippen LogP contribution in [0.4, 0.5) is 0 Å². The molecule has 1 aliphatic heterocycles. The zero-order valence-electron chi connectivity index (χ0n) is 14.6. The minimum Gasteiger partial charge on any atom is -0.374 e. The fraction of sp³-hybridized carbons (Fsp3) is 0.529. The van der Waals surface area contributed by atoms with Crippen molar-refractivity contribution in [1.29, 1.82) is 0 Å². The molecule has 8 heteroatoms. The van der Waals surface area contributed by atoms with E-state index in [-0.39, 0.29) is 24.0 Å². The van der Waals surface area contributed by atoms with Crippen molar-refractivity contribution in [3.05, 3.63) is 45.9 Å². The van der Waals surface area contributed by atoms with Crippen LogP contribution in [0.1, 0.15) is 23.5 Å². The van der Waals surface area contributed by atoms with E-state index in [1.165, 1.54) is 0 Å². The van der Waals surface area contributed by atoms with E-state index in [0.29, 0.717) is 43.3 Å². The second-order valence-corrected chi connectivity index (χ2v) is 6.31. The van der Waals surface area contributed by atoms with E-state index in [4.69, 9.17) is 4.74 Å². The first-order chi connectivity index (χ1) is 12.0. The number of hydrogen-bond donors (Lipinski definition) is 1. The van der Waals surface area contributed by atoms with Crippen LogP contribution in [0, 0.1) is 13.8 Å². The second-order valence-electron chi connectivity index (χ2n) is 6.31. The molecule has 0 radical (unpaired) electrons. The first kappa shape index (κ1) is 17.3. The number of ether oxygens (including phenoxy) is 1. The van der Waals surface area contributed by atoms with Crippen molar-refractivity contribution >= 4 is 5.91 Å². The van der Waals surface area contributed by atoms with Gasteiger partial charge < -0.3 is 14.6 Å².